The Bertz CT molecular complexity index is 878. The van der Waals surface area contributed by atoms with Gasteiger partial charge in [0.2, 0.25) is 0 Å². The normalized spacial score (nSPS) is 19.0. The van der Waals surface area contributed by atoms with Gasteiger partial charge < -0.3 is 9.84 Å². The summed E-state index contributed by atoms with van der Waals surface area (Å²) in [4.78, 5) is 12.3. The summed E-state index contributed by atoms with van der Waals surface area (Å²) in [5, 5.41) is 9.09. The Balaban J connectivity index is 1.91. The van der Waals surface area contributed by atoms with Crippen LogP contribution in [-0.4, -0.2) is 30.5 Å². The largest absolute Gasteiger partial charge is 0.478 e. The second-order valence-corrected chi connectivity index (χ2v) is 7.93. The summed E-state index contributed by atoms with van der Waals surface area (Å²) < 4.78 is 5.48. The highest BCUT2D eigenvalue weighted by Crippen LogP contribution is 2.40. The summed E-state index contributed by atoms with van der Waals surface area (Å²) >= 11 is 1.88. The number of aromatic carboxylic acids is 1. The molecule has 0 radical (unpaired) electrons. The van der Waals surface area contributed by atoms with E-state index in [2.05, 4.69) is 30.9 Å². The smallest absolute Gasteiger partial charge is 0.335 e. The summed E-state index contributed by atoms with van der Waals surface area (Å²) in [5.41, 5.74) is 3.27. The van der Waals surface area contributed by atoms with Gasteiger partial charge >= 0.3 is 5.97 Å². The molecule has 2 aromatic rings. The molecule has 1 heterocycles. The van der Waals surface area contributed by atoms with Crippen molar-refractivity contribution >= 4 is 17.7 Å². The number of carboxylic acid groups (broad SMARTS) is 1. The highest BCUT2D eigenvalue weighted by molar-refractivity contribution is 7.99. The summed E-state index contributed by atoms with van der Waals surface area (Å²) in [7, 11) is 1.76. The minimum absolute atomic E-state index is 0.0371. The maximum Gasteiger partial charge on any atom is 0.335 e. The van der Waals surface area contributed by atoms with Gasteiger partial charge in [-0.05, 0) is 54.5 Å². The SMILES string of the molecule is COCC1(C)CCCSc2cc(C#Cc3cccc(C(=O)O)c3)ccc21. The van der Waals surface area contributed by atoms with E-state index in [4.69, 9.17) is 9.84 Å². The van der Waals surface area contributed by atoms with E-state index in [1.165, 1.54) is 16.9 Å². The van der Waals surface area contributed by atoms with E-state index in [1.807, 2.05) is 23.9 Å². The average molecular weight is 366 g/mol. The average Bonchev–Trinajstić information content (AvgIpc) is 2.79. The van der Waals surface area contributed by atoms with Gasteiger partial charge in [-0.25, -0.2) is 4.79 Å². The highest BCUT2D eigenvalue weighted by Gasteiger charge is 2.31. The van der Waals surface area contributed by atoms with E-state index < -0.39 is 5.97 Å². The predicted molar refractivity (Wildman–Crippen MR) is 105 cm³/mol. The van der Waals surface area contributed by atoms with E-state index in [1.54, 1.807) is 25.3 Å². The number of thioether (sulfide) groups is 1. The molecule has 134 valence electrons. The zero-order chi connectivity index (χ0) is 18.6. The second-order valence-electron chi connectivity index (χ2n) is 6.79. The third-order valence-corrected chi connectivity index (χ3v) is 5.83. The molecule has 1 N–H and O–H groups in total. The standard InChI is InChI=1S/C22H22O3S/c1-22(15-25-2)11-4-12-26-20-14-17(9-10-19(20)22)8-7-16-5-3-6-18(13-16)21(23)24/h3,5-6,9-10,13-14H,4,11-12,15H2,1-2H3,(H,23,24). The molecular formula is C22H22O3S. The second kappa shape index (κ2) is 7.99. The van der Waals surface area contributed by atoms with Gasteiger partial charge in [-0.3, -0.25) is 0 Å². The lowest BCUT2D eigenvalue weighted by molar-refractivity contribution is 0.0697. The number of hydrogen-bond donors (Lipinski definition) is 1. The van der Waals surface area contributed by atoms with E-state index in [9.17, 15) is 4.79 Å². The summed E-state index contributed by atoms with van der Waals surface area (Å²) in [6.07, 6.45) is 2.29. The van der Waals surface area contributed by atoms with Crippen molar-refractivity contribution in [2.75, 3.05) is 19.5 Å². The number of rotatable bonds is 3. The summed E-state index contributed by atoms with van der Waals surface area (Å²) in [5.74, 6) is 6.41. The van der Waals surface area contributed by atoms with Crippen LogP contribution in [0, 0.1) is 11.8 Å². The van der Waals surface area contributed by atoms with Crippen LogP contribution < -0.4 is 0 Å². The zero-order valence-electron chi connectivity index (χ0n) is 15.0. The van der Waals surface area contributed by atoms with Gasteiger partial charge in [0.1, 0.15) is 0 Å². The number of hydrogen-bond acceptors (Lipinski definition) is 3. The Morgan fingerprint density at radius 1 is 1.23 bits per heavy atom. The number of carboxylic acids is 1. The van der Waals surface area contributed by atoms with Gasteiger partial charge in [-0.15, -0.1) is 11.8 Å². The maximum atomic E-state index is 11.1. The van der Waals surface area contributed by atoms with Crippen LogP contribution in [0.3, 0.4) is 0 Å². The number of methoxy groups -OCH3 is 1. The lowest BCUT2D eigenvalue weighted by Crippen LogP contribution is -2.27. The zero-order valence-corrected chi connectivity index (χ0v) is 15.9. The summed E-state index contributed by atoms with van der Waals surface area (Å²) in [6.45, 7) is 2.98. The fourth-order valence-corrected chi connectivity index (χ4v) is 4.53. The van der Waals surface area contributed by atoms with Gasteiger partial charge in [0.25, 0.3) is 0 Å². The monoisotopic (exact) mass is 366 g/mol. The van der Waals surface area contributed by atoms with Gasteiger partial charge in [0, 0.05) is 28.5 Å². The molecule has 1 unspecified atom stereocenters. The Morgan fingerprint density at radius 2 is 2.00 bits per heavy atom. The Hall–Kier alpha value is -2.22. The number of benzene rings is 2. The highest BCUT2D eigenvalue weighted by atomic mass is 32.2. The van der Waals surface area contributed by atoms with Gasteiger partial charge in [0.15, 0.2) is 0 Å². The molecule has 0 aliphatic carbocycles. The van der Waals surface area contributed by atoms with E-state index in [0.29, 0.717) is 12.2 Å². The minimum atomic E-state index is -0.937. The molecule has 0 aromatic heterocycles. The van der Waals surface area contributed by atoms with Crippen molar-refractivity contribution in [3.05, 3.63) is 64.7 Å². The number of ether oxygens (including phenoxy) is 1. The quantitative estimate of drug-likeness (QED) is 0.808. The number of carbonyl (C=O) groups is 1. The van der Waals surface area contributed by atoms with Crippen LogP contribution in [0.25, 0.3) is 0 Å². The fraction of sp³-hybridized carbons (Fsp3) is 0.318. The molecule has 0 spiro atoms. The third-order valence-electron chi connectivity index (χ3n) is 4.69. The molecule has 0 fully saturated rings. The van der Waals surface area contributed by atoms with Crippen molar-refractivity contribution in [1.29, 1.82) is 0 Å². The maximum absolute atomic E-state index is 11.1. The molecule has 1 aliphatic rings. The third kappa shape index (κ3) is 4.12. The fourth-order valence-electron chi connectivity index (χ4n) is 3.34. The van der Waals surface area contributed by atoms with E-state index in [0.717, 1.165) is 17.7 Å². The Labute approximate surface area is 158 Å². The van der Waals surface area contributed by atoms with Crippen LogP contribution in [0.1, 0.15) is 46.8 Å². The van der Waals surface area contributed by atoms with E-state index >= 15 is 0 Å². The lowest BCUT2D eigenvalue weighted by Gasteiger charge is -2.29. The van der Waals surface area contributed by atoms with Crippen LogP contribution in [0.5, 0.6) is 0 Å². The first-order valence-electron chi connectivity index (χ1n) is 8.63. The molecule has 0 saturated heterocycles. The summed E-state index contributed by atoms with van der Waals surface area (Å²) in [6, 6.07) is 13.1. The van der Waals surface area contributed by atoms with Crippen molar-refractivity contribution in [3.63, 3.8) is 0 Å². The van der Waals surface area contributed by atoms with Crippen molar-refractivity contribution < 1.29 is 14.6 Å². The molecule has 0 saturated carbocycles. The molecule has 3 nitrogen and oxygen atoms in total. The van der Waals surface area contributed by atoms with Gasteiger partial charge in [-0.1, -0.05) is 30.9 Å². The van der Waals surface area contributed by atoms with Crippen LogP contribution in [0.2, 0.25) is 0 Å². The van der Waals surface area contributed by atoms with Crippen molar-refractivity contribution in [2.45, 2.75) is 30.1 Å². The van der Waals surface area contributed by atoms with Gasteiger partial charge in [-0.2, -0.15) is 0 Å². The van der Waals surface area contributed by atoms with Crippen molar-refractivity contribution in [2.24, 2.45) is 0 Å². The topological polar surface area (TPSA) is 46.5 Å². The molecule has 1 aliphatic heterocycles. The molecule has 3 rings (SSSR count). The minimum Gasteiger partial charge on any atom is -0.478 e. The van der Waals surface area contributed by atoms with Crippen LogP contribution in [0.4, 0.5) is 0 Å². The first kappa shape index (κ1) is 18.6. The Kier molecular flexibility index (Phi) is 5.70. The van der Waals surface area contributed by atoms with Gasteiger partial charge in [0.05, 0.1) is 12.2 Å². The first-order valence-corrected chi connectivity index (χ1v) is 9.62. The lowest BCUT2D eigenvalue weighted by atomic mass is 9.79. The number of fused-ring (bicyclic) bond motifs is 1. The van der Waals surface area contributed by atoms with Crippen LogP contribution >= 0.6 is 11.8 Å². The molecule has 4 heteroatoms. The molecule has 1 atom stereocenters. The van der Waals surface area contributed by atoms with E-state index in [-0.39, 0.29) is 11.0 Å². The molecule has 2 aromatic carbocycles. The molecular weight excluding hydrogens is 344 g/mol. The first-order chi connectivity index (χ1) is 12.5. The predicted octanol–water partition coefficient (Wildman–Crippen LogP) is 4.57. The molecule has 0 amide bonds. The molecule has 26 heavy (non-hydrogen) atoms. The van der Waals surface area contributed by atoms with Crippen LogP contribution in [0.15, 0.2) is 47.4 Å². The van der Waals surface area contributed by atoms with Crippen LogP contribution in [-0.2, 0) is 10.2 Å². The van der Waals surface area contributed by atoms with Crippen molar-refractivity contribution in [1.82, 2.24) is 0 Å². The molecule has 0 bridgehead atoms. The Morgan fingerprint density at radius 3 is 2.73 bits per heavy atom. The van der Waals surface area contributed by atoms with Crippen molar-refractivity contribution in [3.8, 4) is 11.8 Å².